The number of halogens is 1. The molecular weight excluding hydrogens is 390 g/mol. The van der Waals surface area contributed by atoms with Gasteiger partial charge in [0.2, 0.25) is 0 Å². The van der Waals surface area contributed by atoms with Gasteiger partial charge in [-0.15, -0.1) is 0 Å². The summed E-state index contributed by atoms with van der Waals surface area (Å²) in [6.45, 7) is 3.18. The van der Waals surface area contributed by atoms with Crippen LogP contribution in [0.25, 0.3) is 0 Å². The third-order valence-corrected chi connectivity index (χ3v) is 5.91. The fraction of sp³-hybridized carbons (Fsp3) is 0.263. The van der Waals surface area contributed by atoms with Gasteiger partial charge < -0.3 is 10.1 Å². The molecule has 0 unspecified atom stereocenters. The van der Waals surface area contributed by atoms with E-state index >= 15 is 0 Å². The first-order valence-electron chi connectivity index (χ1n) is 8.18. The van der Waals surface area contributed by atoms with Gasteiger partial charge in [0, 0.05) is 10.7 Å². The molecular formula is C19H20ClNO5S. The predicted octanol–water partition coefficient (Wildman–Crippen LogP) is 3.30. The summed E-state index contributed by atoms with van der Waals surface area (Å²) in [5.74, 6) is -1.68. The van der Waals surface area contributed by atoms with E-state index in [1.807, 2.05) is 13.8 Å². The van der Waals surface area contributed by atoms with E-state index in [-0.39, 0.29) is 17.1 Å². The highest BCUT2D eigenvalue weighted by atomic mass is 35.5. The number of hydrogen-bond donors (Lipinski definition) is 1. The molecule has 1 N–H and O–H groups in total. The van der Waals surface area contributed by atoms with Crippen molar-refractivity contribution in [3.05, 3.63) is 58.6 Å². The van der Waals surface area contributed by atoms with Crippen LogP contribution in [0.2, 0.25) is 5.02 Å². The van der Waals surface area contributed by atoms with E-state index in [2.05, 4.69) is 5.32 Å². The van der Waals surface area contributed by atoms with Crippen molar-refractivity contribution in [2.75, 3.05) is 17.7 Å². The minimum absolute atomic E-state index is 0.148. The largest absolute Gasteiger partial charge is 0.456 e. The van der Waals surface area contributed by atoms with Crippen molar-refractivity contribution < 1.29 is 22.7 Å². The third kappa shape index (κ3) is 6.37. The zero-order chi connectivity index (χ0) is 20.0. The highest BCUT2D eigenvalue weighted by molar-refractivity contribution is 7.91. The summed E-state index contributed by atoms with van der Waals surface area (Å²) in [5.41, 5.74) is 2.29. The highest BCUT2D eigenvalue weighted by Crippen LogP contribution is 2.19. The van der Waals surface area contributed by atoms with Crippen LogP contribution in [0.3, 0.4) is 0 Å². The summed E-state index contributed by atoms with van der Waals surface area (Å²) < 4.78 is 29.2. The number of esters is 1. The Hall–Kier alpha value is -2.38. The van der Waals surface area contributed by atoms with E-state index in [1.165, 1.54) is 12.1 Å². The molecule has 1 amide bonds. The maximum Gasteiger partial charge on any atom is 0.307 e. The third-order valence-electron chi connectivity index (χ3n) is 3.77. The standard InChI is InChI=1S/C19H20ClNO5S/c1-13-3-7-16(8-4-13)27(24,25)10-9-19(23)26-12-18(22)21-15-6-5-14(2)17(20)11-15/h3-8,11H,9-10,12H2,1-2H3,(H,21,22). The molecule has 0 atom stereocenters. The van der Waals surface area contributed by atoms with Gasteiger partial charge in [0.15, 0.2) is 16.4 Å². The fourth-order valence-electron chi connectivity index (χ4n) is 2.17. The van der Waals surface area contributed by atoms with Crippen LogP contribution in [0.1, 0.15) is 17.5 Å². The number of carbonyl (C=O) groups excluding carboxylic acids is 2. The molecule has 2 aromatic carbocycles. The van der Waals surface area contributed by atoms with E-state index in [4.69, 9.17) is 16.3 Å². The summed E-state index contributed by atoms with van der Waals surface area (Å²) in [6, 6.07) is 11.4. The molecule has 2 aromatic rings. The first-order chi connectivity index (χ1) is 12.7. The molecule has 6 nitrogen and oxygen atoms in total. The summed E-state index contributed by atoms with van der Waals surface area (Å²) >= 11 is 5.97. The Morgan fingerprint density at radius 3 is 2.37 bits per heavy atom. The number of sulfone groups is 1. The number of amides is 1. The molecule has 0 spiro atoms. The summed E-state index contributed by atoms with van der Waals surface area (Å²) in [6.07, 6.45) is -0.333. The molecule has 0 aromatic heterocycles. The maximum absolute atomic E-state index is 12.2. The molecule has 0 aliphatic carbocycles. The summed E-state index contributed by atoms with van der Waals surface area (Å²) in [5, 5.41) is 3.06. The molecule has 0 radical (unpaired) electrons. The van der Waals surface area contributed by atoms with Crippen LogP contribution < -0.4 is 5.32 Å². The first-order valence-corrected chi connectivity index (χ1v) is 10.2. The number of carbonyl (C=O) groups is 2. The van der Waals surface area contributed by atoms with Gasteiger partial charge in [0.1, 0.15) is 0 Å². The number of anilines is 1. The minimum atomic E-state index is -3.58. The topological polar surface area (TPSA) is 89.5 Å². The monoisotopic (exact) mass is 409 g/mol. The number of hydrogen-bond acceptors (Lipinski definition) is 5. The molecule has 0 bridgehead atoms. The molecule has 0 fully saturated rings. The van der Waals surface area contributed by atoms with Gasteiger partial charge in [-0.05, 0) is 43.7 Å². The van der Waals surface area contributed by atoms with E-state index in [0.29, 0.717) is 10.7 Å². The van der Waals surface area contributed by atoms with Crippen molar-refractivity contribution in [1.82, 2.24) is 0 Å². The number of ether oxygens (including phenoxy) is 1. The number of benzene rings is 2. The van der Waals surface area contributed by atoms with Crippen LogP contribution >= 0.6 is 11.6 Å². The van der Waals surface area contributed by atoms with Crippen LogP contribution in [0.5, 0.6) is 0 Å². The van der Waals surface area contributed by atoms with E-state index < -0.39 is 28.3 Å². The summed E-state index contributed by atoms with van der Waals surface area (Å²) in [4.78, 5) is 23.7. The predicted molar refractivity (Wildman–Crippen MR) is 104 cm³/mol. The van der Waals surface area contributed by atoms with Crippen LogP contribution in [0.15, 0.2) is 47.4 Å². The summed E-state index contributed by atoms with van der Waals surface area (Å²) in [7, 11) is -3.58. The van der Waals surface area contributed by atoms with Crippen molar-refractivity contribution in [2.24, 2.45) is 0 Å². The highest BCUT2D eigenvalue weighted by Gasteiger charge is 2.17. The molecule has 0 heterocycles. The lowest BCUT2D eigenvalue weighted by Crippen LogP contribution is -2.22. The van der Waals surface area contributed by atoms with Crippen LogP contribution in [0, 0.1) is 13.8 Å². The molecule has 0 saturated heterocycles. The SMILES string of the molecule is Cc1ccc(S(=O)(=O)CCC(=O)OCC(=O)Nc2ccc(C)c(Cl)c2)cc1. The first kappa shape index (κ1) is 20.9. The van der Waals surface area contributed by atoms with E-state index in [9.17, 15) is 18.0 Å². The van der Waals surface area contributed by atoms with Crippen molar-refractivity contribution in [3.8, 4) is 0 Å². The molecule has 0 aliphatic rings. The average Bonchev–Trinajstić information content (AvgIpc) is 2.62. The van der Waals surface area contributed by atoms with Crippen LogP contribution in [-0.4, -0.2) is 32.7 Å². The Kier molecular flexibility index (Phi) is 6.98. The second kappa shape index (κ2) is 9.01. The Balaban J connectivity index is 1.80. The zero-order valence-corrected chi connectivity index (χ0v) is 16.6. The van der Waals surface area contributed by atoms with Gasteiger partial charge in [0.05, 0.1) is 17.1 Å². The number of nitrogens with one attached hydrogen (secondary N) is 1. The lowest BCUT2D eigenvalue weighted by Gasteiger charge is -2.08. The van der Waals surface area contributed by atoms with E-state index in [0.717, 1.165) is 11.1 Å². The van der Waals surface area contributed by atoms with Gasteiger partial charge in [-0.1, -0.05) is 35.4 Å². The number of aryl methyl sites for hydroxylation is 2. The van der Waals surface area contributed by atoms with Gasteiger partial charge in [0.25, 0.3) is 5.91 Å². The normalized spacial score (nSPS) is 11.1. The van der Waals surface area contributed by atoms with Crippen molar-refractivity contribution in [3.63, 3.8) is 0 Å². The molecule has 0 aliphatic heterocycles. The van der Waals surface area contributed by atoms with Crippen LogP contribution in [0.4, 0.5) is 5.69 Å². The zero-order valence-electron chi connectivity index (χ0n) is 15.0. The van der Waals surface area contributed by atoms with Crippen molar-refractivity contribution in [2.45, 2.75) is 25.2 Å². The lowest BCUT2D eigenvalue weighted by atomic mass is 10.2. The minimum Gasteiger partial charge on any atom is -0.456 e. The molecule has 8 heteroatoms. The Morgan fingerprint density at radius 2 is 1.74 bits per heavy atom. The van der Waals surface area contributed by atoms with Gasteiger partial charge in [-0.25, -0.2) is 8.42 Å². The van der Waals surface area contributed by atoms with Gasteiger partial charge in [-0.3, -0.25) is 9.59 Å². The maximum atomic E-state index is 12.2. The fourth-order valence-corrected chi connectivity index (χ4v) is 3.57. The van der Waals surface area contributed by atoms with Gasteiger partial charge >= 0.3 is 5.97 Å². The molecule has 2 rings (SSSR count). The number of rotatable bonds is 7. The molecule has 144 valence electrons. The van der Waals surface area contributed by atoms with Gasteiger partial charge in [-0.2, -0.15) is 0 Å². The van der Waals surface area contributed by atoms with E-state index in [1.54, 1.807) is 30.3 Å². The molecule has 0 saturated carbocycles. The Labute approximate surface area is 163 Å². The lowest BCUT2D eigenvalue weighted by molar-refractivity contribution is -0.146. The Morgan fingerprint density at radius 1 is 1.07 bits per heavy atom. The van der Waals surface area contributed by atoms with Crippen molar-refractivity contribution in [1.29, 1.82) is 0 Å². The quantitative estimate of drug-likeness (QED) is 0.708. The average molecular weight is 410 g/mol. The molecule has 27 heavy (non-hydrogen) atoms. The Bertz CT molecular complexity index is 939. The smallest absolute Gasteiger partial charge is 0.307 e. The van der Waals surface area contributed by atoms with Crippen LogP contribution in [-0.2, 0) is 24.2 Å². The second-order valence-electron chi connectivity index (χ2n) is 6.05. The van der Waals surface area contributed by atoms with Crippen molar-refractivity contribution >= 4 is 39.0 Å². The second-order valence-corrected chi connectivity index (χ2v) is 8.57.